The molecule has 10 atom stereocenters. The van der Waals surface area contributed by atoms with E-state index in [9.17, 15) is 57.8 Å². The number of benzene rings is 1. The fourth-order valence-corrected chi connectivity index (χ4v) is 13.4. The zero-order chi connectivity index (χ0) is 65.4. The standard InChI is InChI=1S/C66H101N7O13S2.V/c1-12-29-72(64(82)50(42(7)13-2)36-56(77)53-23-18-20-30-71(53)10)54(41(5)6)37-57(86-44(9)74)63-70-52(39-88-63)62(81)68-47(32-43(8)66(84)85)33-45-25-27-46(28-26-45)34-55(76)51(22-16-17-24-59(67)78)69-61(80)49(40(3)4)35-48(75)21-15-14-19-31-73-60(79)38-58(87-11)65(73)83;/h25-28,39-43,47,49-51,53-54,57-58H,12-24,29-38H2,1-11H3,(H2,67,78)(H,68,81)(H,69,80)(H,84,85);/t42-,43-,47+,49-,50-,51?,53+,54+,57+,58?;/m0./s1. The summed E-state index contributed by atoms with van der Waals surface area (Å²) in [6.45, 7) is 18.2. The summed E-state index contributed by atoms with van der Waals surface area (Å²) in [7, 11) is 1.97. The number of carboxylic acids is 1. The molecule has 5 N–H and O–H groups in total. The number of thiazole rings is 1. The number of likely N-dealkylation sites (N-methyl/N-ethyl adjacent to an activating group) is 1. The van der Waals surface area contributed by atoms with Crippen molar-refractivity contribution in [1.82, 2.24) is 30.3 Å². The van der Waals surface area contributed by atoms with Gasteiger partial charge in [-0.1, -0.05) is 105 Å². The number of nitrogens with zero attached hydrogens (tertiary/aromatic N) is 4. The van der Waals surface area contributed by atoms with Gasteiger partial charge in [0.2, 0.25) is 29.5 Å². The second-order valence-corrected chi connectivity index (χ2v) is 27.1. The molecule has 2 aliphatic heterocycles. The molecule has 1 aromatic carbocycles. The van der Waals surface area contributed by atoms with E-state index in [1.807, 2.05) is 60.4 Å². The molecule has 3 heterocycles. The Morgan fingerprint density at radius 3 is 2.12 bits per heavy atom. The Kier molecular flexibility index (Phi) is 34.3. The molecule has 1 radical (unpaired) electrons. The molecule has 0 bridgehead atoms. The third-order valence-electron chi connectivity index (χ3n) is 17.5. The Labute approximate surface area is 548 Å². The number of imide groups is 1. The van der Waals surface area contributed by atoms with Crippen LogP contribution in [0.25, 0.3) is 0 Å². The van der Waals surface area contributed by atoms with Crippen LogP contribution < -0.4 is 16.4 Å². The second-order valence-electron chi connectivity index (χ2n) is 25.2. The number of ether oxygens (including phenoxy) is 1. The maximum Gasteiger partial charge on any atom is 0.306 e. The molecule has 23 heteroatoms. The third kappa shape index (κ3) is 25.0. The normalized spacial score (nSPS) is 18.0. The van der Waals surface area contributed by atoms with Gasteiger partial charge in [0.05, 0.1) is 23.3 Å². The number of primary amides is 1. The Bertz CT molecular complexity index is 2690. The van der Waals surface area contributed by atoms with E-state index in [0.29, 0.717) is 68.6 Å². The number of thioether (sulfide) groups is 1. The molecule has 495 valence electrons. The molecule has 89 heavy (non-hydrogen) atoms. The number of piperidine rings is 1. The fraction of sp³-hybridized carbons (Fsp3) is 0.697. The molecule has 0 aliphatic carbocycles. The first-order chi connectivity index (χ1) is 41.7. The number of amides is 6. The average molecular weight is 1320 g/mol. The van der Waals surface area contributed by atoms with Crippen molar-refractivity contribution in [3.63, 3.8) is 0 Å². The zero-order valence-corrected chi connectivity index (χ0v) is 57.6. The van der Waals surface area contributed by atoms with Gasteiger partial charge in [-0.25, -0.2) is 4.98 Å². The Morgan fingerprint density at radius 1 is 0.865 bits per heavy atom. The summed E-state index contributed by atoms with van der Waals surface area (Å²) in [5.41, 5.74) is 6.80. The van der Waals surface area contributed by atoms with Gasteiger partial charge in [-0.15, -0.1) is 11.3 Å². The number of aliphatic carboxylic acids is 1. The first-order valence-corrected chi connectivity index (χ1v) is 34.1. The van der Waals surface area contributed by atoms with E-state index in [0.717, 1.165) is 42.7 Å². The smallest absolute Gasteiger partial charge is 0.306 e. The van der Waals surface area contributed by atoms with Crippen molar-refractivity contribution in [1.29, 1.82) is 0 Å². The first-order valence-electron chi connectivity index (χ1n) is 32.0. The summed E-state index contributed by atoms with van der Waals surface area (Å²) >= 11 is 2.50. The van der Waals surface area contributed by atoms with Crippen LogP contribution in [0.5, 0.6) is 0 Å². The number of carbonyl (C=O) groups is 11. The van der Waals surface area contributed by atoms with Gasteiger partial charge in [-0.05, 0) is 107 Å². The van der Waals surface area contributed by atoms with E-state index in [1.165, 1.54) is 23.6 Å². The number of rotatable bonds is 41. The predicted octanol–water partition coefficient (Wildman–Crippen LogP) is 8.88. The molecular weight excluding hydrogens is 1210 g/mol. The van der Waals surface area contributed by atoms with Crippen LogP contribution in [0.1, 0.15) is 211 Å². The summed E-state index contributed by atoms with van der Waals surface area (Å²) in [4.78, 5) is 155. The van der Waals surface area contributed by atoms with Crippen molar-refractivity contribution in [3.8, 4) is 0 Å². The summed E-state index contributed by atoms with van der Waals surface area (Å²) in [6.07, 6.45) is 8.91. The third-order valence-corrected chi connectivity index (χ3v) is 19.4. The van der Waals surface area contributed by atoms with Gasteiger partial charge in [0.25, 0.3) is 5.91 Å². The summed E-state index contributed by atoms with van der Waals surface area (Å²) in [6, 6.07) is 4.86. The molecule has 1 aromatic heterocycles. The summed E-state index contributed by atoms with van der Waals surface area (Å²) < 4.78 is 5.94. The van der Waals surface area contributed by atoms with E-state index in [2.05, 4.69) is 15.5 Å². The molecule has 2 fully saturated rings. The Balaban J connectivity index is 0.0000207. The maximum absolute atomic E-state index is 14.9. The van der Waals surface area contributed by atoms with Crippen LogP contribution in [0.15, 0.2) is 29.6 Å². The van der Waals surface area contributed by atoms with E-state index in [-0.39, 0.29) is 153 Å². The SMILES string of the molecule is CCCN(C(=O)[C@@H](CC(=O)[C@H]1CCCCN1C)[C@@H](C)CC)[C@H](C[C@@H](OC(C)=O)c1nc(C(=O)N[C@@H](Cc2ccc(CC(=O)C(CCCCC(N)=O)NC(=O)[C@@H](CC(=O)CCCCCN3C(=O)CC(SC)C3=O)C(C)C)cc2)C[C@H](C)C(=O)O)cs1)C(C)C.[V]. The van der Waals surface area contributed by atoms with Crippen LogP contribution >= 0.6 is 23.1 Å². The zero-order valence-electron chi connectivity index (χ0n) is 54.6. The molecular formula is C66H101N7O13S2V. The van der Waals surface area contributed by atoms with Gasteiger partial charge < -0.3 is 31.1 Å². The Hall–Kier alpha value is -5.29. The number of Topliss-reactive ketones (excluding diaryl/α,β-unsaturated/α-hetero) is 3. The number of nitrogens with two attached hydrogens (primary N) is 1. The number of hydrogen-bond donors (Lipinski definition) is 4. The van der Waals surface area contributed by atoms with Crippen LogP contribution in [0.3, 0.4) is 0 Å². The minimum atomic E-state index is -1.05. The van der Waals surface area contributed by atoms with Gasteiger partial charge >= 0.3 is 11.9 Å². The van der Waals surface area contributed by atoms with Crippen molar-refractivity contribution < 1.29 is 81.1 Å². The number of unbranched alkanes of at least 4 members (excludes halogenated alkanes) is 3. The number of nitrogens with one attached hydrogen (secondary N) is 2. The number of ketones is 3. The van der Waals surface area contributed by atoms with E-state index >= 15 is 0 Å². The molecule has 6 amide bonds. The monoisotopic (exact) mass is 1310 g/mol. The van der Waals surface area contributed by atoms with Crippen LogP contribution in [-0.4, -0.2) is 152 Å². The number of carboxylic acid groups (broad SMARTS) is 1. The minimum Gasteiger partial charge on any atom is -0.481 e. The van der Waals surface area contributed by atoms with Crippen molar-refractivity contribution in [3.05, 3.63) is 51.5 Å². The summed E-state index contributed by atoms with van der Waals surface area (Å²) in [5, 5.41) is 17.5. The van der Waals surface area contributed by atoms with Crippen molar-refractivity contribution in [2.75, 3.05) is 32.9 Å². The van der Waals surface area contributed by atoms with Gasteiger partial charge in [-0.2, -0.15) is 11.8 Å². The van der Waals surface area contributed by atoms with Crippen molar-refractivity contribution in [2.45, 2.75) is 226 Å². The molecule has 2 aliphatic rings. The molecule has 20 nitrogen and oxygen atoms in total. The number of aromatic nitrogens is 1. The average Bonchev–Trinajstić information content (AvgIpc) is 4.34. The topological polar surface area (TPSA) is 290 Å². The maximum atomic E-state index is 14.9. The first kappa shape index (κ1) is 78.0. The van der Waals surface area contributed by atoms with Crippen molar-refractivity contribution >= 4 is 87.8 Å². The largest absolute Gasteiger partial charge is 0.481 e. The molecule has 0 spiro atoms. The number of esters is 1. The quantitative estimate of drug-likeness (QED) is 0.0274. The van der Waals surface area contributed by atoms with Gasteiger partial charge in [-0.3, -0.25) is 62.5 Å². The molecule has 4 rings (SSSR count). The van der Waals surface area contributed by atoms with Gasteiger partial charge in [0.1, 0.15) is 16.5 Å². The van der Waals surface area contributed by atoms with E-state index < -0.39 is 71.6 Å². The second kappa shape index (κ2) is 39.2. The Morgan fingerprint density at radius 2 is 1.54 bits per heavy atom. The number of hydrogen-bond acceptors (Lipinski definition) is 16. The number of likely N-dealkylation sites (tertiary alicyclic amines) is 2. The minimum absolute atomic E-state index is 0. The molecule has 2 saturated heterocycles. The van der Waals surface area contributed by atoms with E-state index in [4.69, 9.17) is 15.5 Å². The van der Waals surface area contributed by atoms with Crippen LogP contribution in [-0.2, 0) is 84.1 Å². The van der Waals surface area contributed by atoms with Gasteiger partial charge in [0, 0.05) is 113 Å². The van der Waals surface area contributed by atoms with Crippen LogP contribution in [0.4, 0.5) is 0 Å². The molecule has 0 saturated carbocycles. The number of carbonyl (C=O) groups excluding carboxylic acids is 10. The predicted molar refractivity (Wildman–Crippen MR) is 341 cm³/mol. The molecule has 2 aromatic rings. The van der Waals surface area contributed by atoms with Crippen LogP contribution in [0, 0.1) is 35.5 Å². The van der Waals surface area contributed by atoms with Crippen molar-refractivity contribution in [2.24, 2.45) is 41.2 Å². The van der Waals surface area contributed by atoms with E-state index in [1.54, 1.807) is 42.8 Å². The van der Waals surface area contributed by atoms with Gasteiger partial charge in [0.15, 0.2) is 17.7 Å². The van der Waals surface area contributed by atoms with Crippen LogP contribution in [0.2, 0.25) is 0 Å². The fourth-order valence-electron chi connectivity index (χ4n) is 11.9. The molecule has 2 unspecified atom stereocenters. The summed E-state index contributed by atoms with van der Waals surface area (Å²) in [5.74, 6) is -6.32.